The van der Waals surface area contributed by atoms with E-state index in [1.807, 2.05) is 18.2 Å². The van der Waals surface area contributed by atoms with Crippen LogP contribution in [-0.4, -0.2) is 16.7 Å². The van der Waals surface area contributed by atoms with Crippen molar-refractivity contribution in [3.63, 3.8) is 0 Å². The van der Waals surface area contributed by atoms with Crippen LogP contribution in [0, 0.1) is 5.92 Å². The highest BCUT2D eigenvalue weighted by molar-refractivity contribution is 5.66. The van der Waals surface area contributed by atoms with Crippen molar-refractivity contribution in [1.29, 1.82) is 0 Å². The van der Waals surface area contributed by atoms with Crippen LogP contribution in [-0.2, 0) is 7.05 Å². The number of nitrogens with zero attached hydrogens (tertiary/aromatic N) is 2. The SMILES string of the molecule is COc1cccc(-c2cccc([C@H]3[C@@H](C)[C@H]3c3cc(=O)n(C)c(N)n3)c2)c1. The molecule has 3 aromatic rings. The fourth-order valence-electron chi connectivity index (χ4n) is 3.90. The van der Waals surface area contributed by atoms with Crippen LogP contribution in [0.1, 0.15) is 30.0 Å². The van der Waals surface area contributed by atoms with Gasteiger partial charge >= 0.3 is 0 Å². The van der Waals surface area contributed by atoms with Crippen LogP contribution in [0.3, 0.4) is 0 Å². The lowest BCUT2D eigenvalue weighted by Gasteiger charge is -2.08. The van der Waals surface area contributed by atoms with Crippen molar-refractivity contribution < 1.29 is 4.74 Å². The Morgan fingerprint density at radius 1 is 1.04 bits per heavy atom. The molecule has 1 aliphatic carbocycles. The second-order valence-corrected chi connectivity index (χ2v) is 7.20. The van der Waals surface area contributed by atoms with Crippen molar-refractivity contribution in [2.45, 2.75) is 18.8 Å². The van der Waals surface area contributed by atoms with E-state index in [1.165, 1.54) is 10.1 Å². The van der Waals surface area contributed by atoms with E-state index in [4.69, 9.17) is 10.5 Å². The van der Waals surface area contributed by atoms with Gasteiger partial charge in [-0.2, -0.15) is 0 Å². The van der Waals surface area contributed by atoms with Gasteiger partial charge in [-0.15, -0.1) is 0 Å². The summed E-state index contributed by atoms with van der Waals surface area (Å²) in [6.45, 7) is 2.20. The fourth-order valence-corrected chi connectivity index (χ4v) is 3.90. The standard InChI is InChI=1S/C22H23N3O2/c1-13-20(21(13)18-12-19(26)25(2)22(23)24-18)16-8-4-6-14(10-16)15-7-5-9-17(11-15)27-3/h4-13,20-21H,1-3H3,(H2,23,24)/t13-,20-,21+/m1/s1. The third-order valence-corrected chi connectivity index (χ3v) is 5.58. The van der Waals surface area contributed by atoms with Crippen LogP contribution >= 0.6 is 0 Å². The molecule has 1 aromatic heterocycles. The normalized spacial score (nSPS) is 21.1. The number of benzene rings is 2. The van der Waals surface area contributed by atoms with E-state index < -0.39 is 0 Å². The first-order valence-electron chi connectivity index (χ1n) is 9.07. The molecule has 0 bridgehead atoms. The summed E-state index contributed by atoms with van der Waals surface area (Å²) in [7, 11) is 3.31. The van der Waals surface area contributed by atoms with Gasteiger partial charge in [0.2, 0.25) is 5.95 Å². The van der Waals surface area contributed by atoms with Gasteiger partial charge in [0.1, 0.15) is 5.75 Å². The van der Waals surface area contributed by atoms with Gasteiger partial charge in [0.05, 0.1) is 12.8 Å². The summed E-state index contributed by atoms with van der Waals surface area (Å²) in [4.78, 5) is 16.5. The Kier molecular flexibility index (Phi) is 4.22. The number of nitrogen functional groups attached to an aromatic ring is 1. The van der Waals surface area contributed by atoms with E-state index in [-0.39, 0.29) is 17.4 Å². The predicted molar refractivity (Wildman–Crippen MR) is 107 cm³/mol. The molecule has 1 heterocycles. The van der Waals surface area contributed by atoms with Gasteiger partial charge < -0.3 is 10.5 Å². The van der Waals surface area contributed by atoms with Gasteiger partial charge in [-0.05, 0) is 40.7 Å². The molecule has 2 N–H and O–H groups in total. The van der Waals surface area contributed by atoms with Gasteiger partial charge in [0.25, 0.3) is 5.56 Å². The molecule has 4 rings (SSSR count). The number of hydrogen-bond acceptors (Lipinski definition) is 4. The Morgan fingerprint density at radius 3 is 2.44 bits per heavy atom. The minimum absolute atomic E-state index is 0.111. The zero-order chi connectivity index (χ0) is 19.1. The highest BCUT2D eigenvalue weighted by atomic mass is 16.5. The average molecular weight is 361 g/mol. The lowest BCUT2D eigenvalue weighted by atomic mass is 9.99. The van der Waals surface area contributed by atoms with Crippen LogP contribution in [0.5, 0.6) is 5.75 Å². The van der Waals surface area contributed by atoms with Gasteiger partial charge in [0, 0.05) is 19.0 Å². The van der Waals surface area contributed by atoms with E-state index in [2.05, 4.69) is 42.2 Å². The van der Waals surface area contributed by atoms with Crippen LogP contribution in [0.2, 0.25) is 0 Å². The van der Waals surface area contributed by atoms with Crippen molar-refractivity contribution >= 4 is 5.95 Å². The van der Waals surface area contributed by atoms with E-state index in [1.54, 1.807) is 20.2 Å². The number of anilines is 1. The van der Waals surface area contributed by atoms with E-state index in [9.17, 15) is 4.79 Å². The molecule has 5 nitrogen and oxygen atoms in total. The maximum atomic E-state index is 12.1. The smallest absolute Gasteiger partial charge is 0.254 e. The first-order chi connectivity index (χ1) is 13.0. The first kappa shape index (κ1) is 17.3. The van der Waals surface area contributed by atoms with E-state index in [0.717, 1.165) is 22.6 Å². The minimum atomic E-state index is -0.111. The third-order valence-electron chi connectivity index (χ3n) is 5.58. The molecule has 0 saturated heterocycles. The molecule has 0 unspecified atom stereocenters. The number of hydrogen-bond donors (Lipinski definition) is 1. The maximum absolute atomic E-state index is 12.1. The fraction of sp³-hybridized carbons (Fsp3) is 0.273. The van der Waals surface area contributed by atoms with E-state index in [0.29, 0.717) is 11.8 Å². The predicted octanol–water partition coefficient (Wildman–Crippen LogP) is 3.56. The lowest BCUT2D eigenvalue weighted by Crippen LogP contribution is -2.21. The molecule has 1 saturated carbocycles. The molecule has 2 aromatic carbocycles. The summed E-state index contributed by atoms with van der Waals surface area (Å²) in [6, 6.07) is 18.2. The van der Waals surface area contributed by atoms with Gasteiger partial charge in [0.15, 0.2) is 0 Å². The molecule has 27 heavy (non-hydrogen) atoms. The molecule has 0 spiro atoms. The van der Waals surface area contributed by atoms with Crippen LogP contribution in [0.4, 0.5) is 5.95 Å². The Morgan fingerprint density at radius 2 is 1.74 bits per heavy atom. The zero-order valence-electron chi connectivity index (χ0n) is 15.7. The molecule has 138 valence electrons. The van der Waals surface area contributed by atoms with Crippen molar-refractivity contribution in [2.75, 3.05) is 12.8 Å². The van der Waals surface area contributed by atoms with Crippen molar-refractivity contribution in [2.24, 2.45) is 13.0 Å². The number of nitrogens with two attached hydrogens (primary N) is 1. The molecule has 3 atom stereocenters. The summed E-state index contributed by atoms with van der Waals surface area (Å²) in [5.74, 6) is 2.09. The molecule has 0 aliphatic heterocycles. The van der Waals surface area contributed by atoms with Gasteiger partial charge in [-0.25, -0.2) is 4.98 Å². The number of methoxy groups -OCH3 is 1. The molecule has 5 heteroatoms. The summed E-state index contributed by atoms with van der Waals surface area (Å²) < 4.78 is 6.71. The topological polar surface area (TPSA) is 70.1 Å². The summed E-state index contributed by atoms with van der Waals surface area (Å²) in [6.07, 6.45) is 0. The number of rotatable bonds is 4. The molecular formula is C22H23N3O2. The van der Waals surface area contributed by atoms with Crippen LogP contribution < -0.4 is 16.0 Å². The molecular weight excluding hydrogens is 338 g/mol. The quantitative estimate of drug-likeness (QED) is 0.771. The second-order valence-electron chi connectivity index (χ2n) is 7.20. The minimum Gasteiger partial charge on any atom is -0.497 e. The largest absolute Gasteiger partial charge is 0.497 e. The van der Waals surface area contributed by atoms with Crippen molar-refractivity contribution in [3.05, 3.63) is 76.2 Å². The monoisotopic (exact) mass is 361 g/mol. The first-order valence-corrected chi connectivity index (χ1v) is 9.07. The van der Waals surface area contributed by atoms with Crippen LogP contribution in [0.25, 0.3) is 11.1 Å². The Bertz CT molecular complexity index is 1060. The molecule has 0 amide bonds. The average Bonchev–Trinajstić information content (AvgIpc) is 3.36. The molecule has 1 fully saturated rings. The Balaban J connectivity index is 1.66. The zero-order valence-corrected chi connectivity index (χ0v) is 15.7. The van der Waals surface area contributed by atoms with Crippen molar-refractivity contribution in [1.82, 2.24) is 9.55 Å². The van der Waals surface area contributed by atoms with Gasteiger partial charge in [-0.1, -0.05) is 43.3 Å². The van der Waals surface area contributed by atoms with E-state index >= 15 is 0 Å². The highest BCUT2D eigenvalue weighted by Crippen LogP contribution is 2.59. The highest BCUT2D eigenvalue weighted by Gasteiger charge is 2.49. The Labute approximate surface area is 158 Å². The molecule has 1 aliphatic rings. The summed E-state index contributed by atoms with van der Waals surface area (Å²) >= 11 is 0. The summed E-state index contributed by atoms with van der Waals surface area (Å²) in [5, 5.41) is 0. The van der Waals surface area contributed by atoms with Crippen LogP contribution in [0.15, 0.2) is 59.4 Å². The summed E-state index contributed by atoms with van der Waals surface area (Å²) in [5.41, 5.74) is 10.1. The molecule has 0 radical (unpaired) electrons. The lowest BCUT2D eigenvalue weighted by molar-refractivity contribution is 0.415. The maximum Gasteiger partial charge on any atom is 0.254 e. The number of ether oxygens (including phenoxy) is 1. The second kappa shape index (κ2) is 6.58. The number of aromatic nitrogens is 2. The Hall–Kier alpha value is -3.08. The van der Waals surface area contributed by atoms with Gasteiger partial charge in [-0.3, -0.25) is 9.36 Å². The van der Waals surface area contributed by atoms with Crippen molar-refractivity contribution in [3.8, 4) is 16.9 Å². The third kappa shape index (κ3) is 3.10.